The van der Waals surface area contributed by atoms with Gasteiger partial charge in [-0.1, -0.05) is 54.9 Å². The second kappa shape index (κ2) is 10.5. The summed E-state index contributed by atoms with van der Waals surface area (Å²) in [5, 5.41) is 0.917. The van der Waals surface area contributed by atoms with Crippen molar-refractivity contribution in [3.8, 4) is 0 Å². The SMILES string of the molecule is C=C(F)/C=C\C(=C/CC)n1c(=O)c(Cl)c(CN2CC=C(c3cc(Cl)ccc3C)CC2)n1C. The molecule has 4 nitrogen and oxygen atoms in total. The van der Waals surface area contributed by atoms with E-state index >= 15 is 0 Å². The molecule has 0 saturated carbocycles. The van der Waals surface area contributed by atoms with Crippen LogP contribution in [0, 0.1) is 6.92 Å². The number of benzene rings is 1. The largest absolute Gasteiger partial charge is 0.293 e. The number of nitrogens with zero attached hydrogens (tertiary/aromatic N) is 3. The Morgan fingerprint density at radius 3 is 2.66 bits per heavy atom. The van der Waals surface area contributed by atoms with Gasteiger partial charge in [0.05, 0.1) is 11.4 Å². The molecule has 0 N–H and O–H groups in total. The van der Waals surface area contributed by atoms with Crippen LogP contribution in [0.3, 0.4) is 0 Å². The molecule has 1 aliphatic rings. The van der Waals surface area contributed by atoms with Crippen molar-refractivity contribution in [2.75, 3.05) is 13.1 Å². The summed E-state index contributed by atoms with van der Waals surface area (Å²) in [6, 6.07) is 5.96. The molecule has 2 aromatic rings. The Bertz CT molecular complexity index is 1170. The molecule has 0 bridgehead atoms. The Balaban J connectivity index is 1.85. The summed E-state index contributed by atoms with van der Waals surface area (Å²) in [6.07, 6.45) is 8.41. The fourth-order valence-electron chi connectivity index (χ4n) is 3.94. The fraction of sp³-hybridized carbons (Fsp3) is 0.320. The highest BCUT2D eigenvalue weighted by Gasteiger charge is 2.22. The summed E-state index contributed by atoms with van der Waals surface area (Å²) in [5.41, 5.74) is 4.63. The van der Waals surface area contributed by atoms with Gasteiger partial charge >= 0.3 is 0 Å². The van der Waals surface area contributed by atoms with Crippen LogP contribution in [0.15, 0.2) is 59.7 Å². The van der Waals surface area contributed by atoms with E-state index in [4.69, 9.17) is 23.2 Å². The number of hydrogen-bond donors (Lipinski definition) is 0. The molecular weight excluding hydrogens is 448 g/mol. The van der Waals surface area contributed by atoms with Gasteiger partial charge in [0.15, 0.2) is 0 Å². The van der Waals surface area contributed by atoms with Crippen LogP contribution in [0.5, 0.6) is 0 Å². The molecule has 1 aromatic carbocycles. The van der Waals surface area contributed by atoms with E-state index in [0.29, 0.717) is 18.7 Å². The summed E-state index contributed by atoms with van der Waals surface area (Å²) < 4.78 is 16.4. The minimum absolute atomic E-state index is 0.183. The maximum atomic E-state index is 13.2. The van der Waals surface area contributed by atoms with E-state index in [1.165, 1.54) is 33.5 Å². The molecule has 0 atom stereocenters. The minimum Gasteiger partial charge on any atom is -0.293 e. The third-order valence-corrected chi connectivity index (χ3v) is 6.24. The summed E-state index contributed by atoms with van der Waals surface area (Å²) in [7, 11) is 1.80. The van der Waals surface area contributed by atoms with E-state index in [1.807, 2.05) is 31.2 Å². The van der Waals surface area contributed by atoms with Crippen LogP contribution in [0.2, 0.25) is 10.0 Å². The van der Waals surface area contributed by atoms with Gasteiger partial charge in [0, 0.05) is 31.7 Å². The average Bonchev–Trinajstić information content (AvgIpc) is 2.96. The molecule has 0 amide bonds. The lowest BCUT2D eigenvalue weighted by molar-refractivity contribution is 0.284. The molecule has 170 valence electrons. The van der Waals surface area contributed by atoms with Gasteiger partial charge in [0.1, 0.15) is 10.8 Å². The van der Waals surface area contributed by atoms with Crippen LogP contribution in [-0.2, 0) is 13.6 Å². The molecule has 32 heavy (non-hydrogen) atoms. The number of aryl methyl sites for hydroxylation is 1. The molecule has 0 spiro atoms. The normalized spacial score (nSPS) is 15.4. The Kier molecular flexibility index (Phi) is 7.99. The van der Waals surface area contributed by atoms with Gasteiger partial charge in [-0.15, -0.1) is 0 Å². The summed E-state index contributed by atoms with van der Waals surface area (Å²) in [5.74, 6) is -0.577. The van der Waals surface area contributed by atoms with Crippen LogP contribution < -0.4 is 5.56 Å². The van der Waals surface area contributed by atoms with Gasteiger partial charge in [-0.25, -0.2) is 9.07 Å². The van der Waals surface area contributed by atoms with E-state index in [-0.39, 0.29) is 10.6 Å². The van der Waals surface area contributed by atoms with Crippen LogP contribution in [0.4, 0.5) is 4.39 Å². The second-order valence-corrected chi connectivity index (χ2v) is 8.71. The predicted octanol–water partition coefficient (Wildman–Crippen LogP) is 6.38. The van der Waals surface area contributed by atoms with Crippen LogP contribution >= 0.6 is 23.2 Å². The lowest BCUT2D eigenvalue weighted by Gasteiger charge is -2.27. The summed E-state index contributed by atoms with van der Waals surface area (Å²) in [6.45, 7) is 9.41. The van der Waals surface area contributed by atoms with Crippen LogP contribution in [-0.4, -0.2) is 27.4 Å². The van der Waals surface area contributed by atoms with Gasteiger partial charge in [0.25, 0.3) is 5.56 Å². The van der Waals surface area contributed by atoms with Crippen molar-refractivity contribution in [1.29, 1.82) is 0 Å². The Morgan fingerprint density at radius 1 is 1.28 bits per heavy atom. The van der Waals surface area contributed by atoms with Crippen LogP contribution in [0.1, 0.15) is 36.6 Å². The standard InChI is InChI=1S/C25H28Cl2FN3O/c1-5-6-21(10-8-18(3)28)31-25(32)24(27)23(29(31)4)16-30-13-11-19(12-14-30)22-15-20(26)9-7-17(22)2/h6-11,15H,3,5,12-14,16H2,1-2,4H3/b10-8-,21-6+. The number of halogens is 3. The topological polar surface area (TPSA) is 30.2 Å². The number of allylic oxidation sites excluding steroid dienone is 5. The van der Waals surface area contributed by atoms with Crippen LogP contribution in [0.25, 0.3) is 11.3 Å². The molecule has 0 fully saturated rings. The molecule has 1 aromatic heterocycles. The van der Waals surface area contributed by atoms with Crippen molar-refractivity contribution in [3.05, 3.63) is 92.1 Å². The van der Waals surface area contributed by atoms with Gasteiger partial charge in [-0.05, 0) is 60.8 Å². The molecule has 2 heterocycles. The first-order valence-electron chi connectivity index (χ1n) is 10.6. The van der Waals surface area contributed by atoms with Gasteiger partial charge in [-0.3, -0.25) is 14.4 Å². The van der Waals surface area contributed by atoms with Crippen molar-refractivity contribution in [2.45, 2.75) is 33.2 Å². The molecule has 0 radical (unpaired) electrons. The summed E-state index contributed by atoms with van der Waals surface area (Å²) in [4.78, 5) is 15.1. The van der Waals surface area contributed by atoms with Crippen molar-refractivity contribution in [2.24, 2.45) is 7.05 Å². The molecule has 0 aliphatic carbocycles. The van der Waals surface area contributed by atoms with E-state index in [2.05, 4.69) is 24.5 Å². The van der Waals surface area contributed by atoms with Gasteiger partial charge in [-0.2, -0.15) is 0 Å². The zero-order chi connectivity index (χ0) is 23.4. The number of aromatic nitrogens is 2. The zero-order valence-electron chi connectivity index (χ0n) is 18.7. The molecular formula is C25H28Cl2FN3O. The number of rotatable bonds is 7. The third-order valence-electron chi connectivity index (χ3n) is 5.63. The van der Waals surface area contributed by atoms with E-state index in [9.17, 15) is 9.18 Å². The zero-order valence-corrected chi connectivity index (χ0v) is 20.2. The Hall–Kier alpha value is -2.34. The Morgan fingerprint density at radius 2 is 2.03 bits per heavy atom. The second-order valence-electron chi connectivity index (χ2n) is 7.89. The monoisotopic (exact) mass is 475 g/mol. The average molecular weight is 476 g/mol. The van der Waals surface area contributed by atoms with E-state index in [1.54, 1.807) is 11.7 Å². The smallest absolute Gasteiger partial charge is 0.290 e. The molecule has 7 heteroatoms. The van der Waals surface area contributed by atoms with Crippen molar-refractivity contribution in [1.82, 2.24) is 14.3 Å². The van der Waals surface area contributed by atoms with Crippen molar-refractivity contribution in [3.63, 3.8) is 0 Å². The predicted molar refractivity (Wildman–Crippen MR) is 133 cm³/mol. The molecule has 0 saturated heterocycles. The lowest BCUT2D eigenvalue weighted by atomic mass is 9.95. The highest BCUT2D eigenvalue weighted by Crippen LogP contribution is 2.28. The van der Waals surface area contributed by atoms with E-state index in [0.717, 1.165) is 30.2 Å². The molecule has 1 aliphatic heterocycles. The first-order chi connectivity index (χ1) is 15.2. The highest BCUT2D eigenvalue weighted by atomic mass is 35.5. The molecule has 0 unspecified atom stereocenters. The highest BCUT2D eigenvalue weighted by molar-refractivity contribution is 6.31. The minimum atomic E-state index is -0.577. The maximum absolute atomic E-state index is 13.2. The van der Waals surface area contributed by atoms with E-state index < -0.39 is 5.83 Å². The quantitative estimate of drug-likeness (QED) is 0.434. The van der Waals surface area contributed by atoms with Crippen molar-refractivity contribution < 1.29 is 4.39 Å². The van der Waals surface area contributed by atoms with Gasteiger partial charge in [0.2, 0.25) is 0 Å². The van der Waals surface area contributed by atoms with Crippen molar-refractivity contribution >= 4 is 34.5 Å². The Labute approximate surface area is 198 Å². The fourth-order valence-corrected chi connectivity index (χ4v) is 4.37. The third kappa shape index (κ3) is 5.34. The maximum Gasteiger partial charge on any atom is 0.290 e. The first-order valence-corrected chi connectivity index (χ1v) is 11.4. The first kappa shape index (κ1) is 24.3. The van der Waals surface area contributed by atoms with Gasteiger partial charge < -0.3 is 0 Å². The lowest BCUT2D eigenvalue weighted by Crippen LogP contribution is -2.29. The number of hydrogen-bond acceptors (Lipinski definition) is 2. The molecule has 3 rings (SSSR count). The summed E-state index contributed by atoms with van der Waals surface area (Å²) >= 11 is 12.6.